The fraction of sp³-hybridized carbons (Fsp3) is 0.889. The molecule has 0 saturated heterocycles. The summed E-state index contributed by atoms with van der Waals surface area (Å²) in [5.41, 5.74) is 10.5. The molecule has 2 unspecified atom stereocenters. The summed E-state index contributed by atoms with van der Waals surface area (Å²) >= 11 is 9.26. The predicted molar refractivity (Wildman–Crippen MR) is 112 cm³/mol. The van der Waals surface area contributed by atoms with Crippen LogP contribution in [-0.4, -0.2) is 23.6 Å². The number of rotatable bonds is 12. The Morgan fingerprint density at radius 1 is 0.760 bits per heavy atom. The first kappa shape index (κ1) is 29.8. The molecule has 0 aliphatic heterocycles. The summed E-state index contributed by atoms with van der Waals surface area (Å²) in [5, 5.41) is 0.342. The molecule has 0 aromatic heterocycles. The van der Waals surface area contributed by atoms with Crippen molar-refractivity contribution in [3.8, 4) is 0 Å². The van der Waals surface area contributed by atoms with Gasteiger partial charge in [0.25, 0.3) is 10.3 Å². The van der Waals surface area contributed by atoms with E-state index in [0.29, 0.717) is 25.0 Å². The molecule has 0 heterocycles. The van der Waals surface area contributed by atoms with Crippen LogP contribution < -0.4 is 11.5 Å². The van der Waals surface area contributed by atoms with Gasteiger partial charge in [-0.3, -0.25) is 0 Å². The maximum Gasteiger partial charge on any atom is 0.253 e. The zero-order chi connectivity index (χ0) is 18.8. The van der Waals surface area contributed by atoms with Gasteiger partial charge < -0.3 is 20.9 Å². The fourth-order valence-electron chi connectivity index (χ4n) is 2.20. The Hall–Kier alpha value is 0.00338. The van der Waals surface area contributed by atoms with Gasteiger partial charge in [-0.05, 0) is 49.1 Å². The number of unbranched alkanes of at least 4 members (excludes halogenated alkanes) is 2. The van der Waals surface area contributed by atoms with E-state index < -0.39 is 0 Å². The van der Waals surface area contributed by atoms with Crippen molar-refractivity contribution in [2.24, 2.45) is 23.3 Å². The first-order chi connectivity index (χ1) is 11.4. The van der Waals surface area contributed by atoms with Gasteiger partial charge >= 0.3 is 0 Å². The van der Waals surface area contributed by atoms with Crippen LogP contribution in [0.1, 0.15) is 79.1 Å². The maximum absolute atomic E-state index is 5.23. The van der Waals surface area contributed by atoms with Crippen LogP contribution in [0.2, 0.25) is 0 Å². The summed E-state index contributed by atoms with van der Waals surface area (Å²) in [7, 11) is 0. The molecule has 0 bridgehead atoms. The summed E-state index contributed by atoms with van der Waals surface area (Å²) < 4.78 is 10.2. The van der Waals surface area contributed by atoms with Crippen LogP contribution in [0, 0.1) is 11.8 Å². The van der Waals surface area contributed by atoms with Crippen molar-refractivity contribution in [2.75, 3.05) is 13.2 Å². The van der Waals surface area contributed by atoms with E-state index in [9.17, 15) is 0 Å². The molecule has 4 nitrogen and oxygen atoms in total. The van der Waals surface area contributed by atoms with Gasteiger partial charge in [-0.25, -0.2) is 0 Å². The minimum absolute atomic E-state index is 0. The molecule has 0 rings (SSSR count). The van der Waals surface area contributed by atoms with E-state index in [0.717, 1.165) is 12.8 Å². The Balaban J connectivity index is -0.000000372. The van der Waals surface area contributed by atoms with Gasteiger partial charge in [-0.2, -0.15) is 0 Å². The zero-order valence-corrected chi connectivity index (χ0v) is 21.3. The largest absolute Gasteiger partial charge is 0.471 e. The Bertz CT molecular complexity index is 291. The van der Waals surface area contributed by atoms with Crippen LogP contribution in [-0.2, 0) is 29.0 Å². The summed E-state index contributed by atoms with van der Waals surface area (Å²) in [6.07, 6.45) is 9.72. The van der Waals surface area contributed by atoms with Crippen molar-refractivity contribution in [1.29, 1.82) is 0 Å². The molecule has 0 aromatic rings. The average molecular weight is 444 g/mol. The number of hydrogen-bond acceptors (Lipinski definition) is 4. The molecular weight excluding hydrogens is 406 g/mol. The van der Waals surface area contributed by atoms with Gasteiger partial charge in [-0.15, -0.1) is 0 Å². The van der Waals surface area contributed by atoms with Crippen molar-refractivity contribution < 1.29 is 29.0 Å². The molecule has 0 fully saturated rings. The van der Waals surface area contributed by atoms with E-state index in [1.54, 1.807) is 0 Å². The van der Waals surface area contributed by atoms with Gasteiger partial charge in [0, 0.05) is 19.5 Å². The molecule has 25 heavy (non-hydrogen) atoms. The van der Waals surface area contributed by atoms with Crippen molar-refractivity contribution in [1.82, 2.24) is 0 Å². The van der Waals surface area contributed by atoms with Crippen LogP contribution in [0.5, 0.6) is 0 Å². The SMILES string of the molecule is CCCCC(CC)COC(N)=S.CCCCC(CC)COC(N)=S.[Zn]. The zero-order valence-electron chi connectivity index (χ0n) is 16.7. The quantitative estimate of drug-likeness (QED) is 0.329. The molecule has 0 radical (unpaired) electrons. The van der Waals surface area contributed by atoms with E-state index in [2.05, 4.69) is 52.1 Å². The van der Waals surface area contributed by atoms with Crippen molar-refractivity contribution in [3.05, 3.63) is 0 Å². The number of ether oxygens (including phenoxy) is 2. The summed E-state index contributed by atoms with van der Waals surface area (Å²) in [4.78, 5) is 0. The van der Waals surface area contributed by atoms with E-state index in [4.69, 9.17) is 20.9 Å². The second kappa shape index (κ2) is 22.0. The smallest absolute Gasteiger partial charge is 0.253 e. The Morgan fingerprint density at radius 2 is 1.08 bits per heavy atom. The minimum Gasteiger partial charge on any atom is -0.471 e. The van der Waals surface area contributed by atoms with Crippen LogP contribution in [0.3, 0.4) is 0 Å². The molecule has 146 valence electrons. The predicted octanol–water partition coefficient (Wildman–Crippen LogP) is 4.92. The first-order valence-electron chi connectivity index (χ1n) is 9.25. The topological polar surface area (TPSA) is 70.5 Å². The van der Waals surface area contributed by atoms with Gasteiger partial charge in [0.2, 0.25) is 0 Å². The molecule has 0 saturated carbocycles. The van der Waals surface area contributed by atoms with Crippen LogP contribution in [0.15, 0.2) is 0 Å². The molecule has 0 spiro atoms. The molecule has 0 amide bonds. The Kier molecular flexibility index (Phi) is 26.2. The number of hydrogen-bond donors (Lipinski definition) is 2. The van der Waals surface area contributed by atoms with E-state index in [1.165, 1.54) is 38.5 Å². The summed E-state index contributed by atoms with van der Waals surface area (Å²) in [5.74, 6) is 1.23. The van der Waals surface area contributed by atoms with Crippen molar-refractivity contribution >= 4 is 34.8 Å². The minimum atomic E-state index is 0. The number of nitrogens with two attached hydrogens (primary N) is 2. The first-order valence-corrected chi connectivity index (χ1v) is 10.1. The molecule has 0 aromatic carbocycles. The van der Waals surface area contributed by atoms with Gasteiger partial charge in [0.1, 0.15) is 0 Å². The molecule has 7 heteroatoms. The van der Waals surface area contributed by atoms with E-state index >= 15 is 0 Å². The average Bonchev–Trinajstić information content (AvgIpc) is 2.55. The third-order valence-electron chi connectivity index (χ3n) is 4.01. The van der Waals surface area contributed by atoms with Crippen LogP contribution >= 0.6 is 24.4 Å². The number of thiocarbonyl (C=S) groups is 2. The molecule has 2 atom stereocenters. The molecule has 0 aliphatic carbocycles. The Labute approximate surface area is 178 Å². The molecular formula is C18H38N2O2S2Zn. The van der Waals surface area contributed by atoms with Gasteiger partial charge in [0.05, 0.1) is 13.2 Å². The third kappa shape index (κ3) is 24.0. The normalized spacial score (nSPS) is 12.0. The monoisotopic (exact) mass is 442 g/mol. The van der Waals surface area contributed by atoms with Crippen molar-refractivity contribution in [2.45, 2.75) is 79.1 Å². The Morgan fingerprint density at radius 3 is 1.28 bits per heavy atom. The van der Waals surface area contributed by atoms with Crippen LogP contribution in [0.4, 0.5) is 0 Å². The molecule has 0 aliphatic rings. The second-order valence-corrected chi connectivity index (χ2v) is 6.90. The second-order valence-electron chi connectivity index (χ2n) is 6.09. The van der Waals surface area contributed by atoms with E-state index in [1.807, 2.05) is 0 Å². The van der Waals surface area contributed by atoms with Crippen molar-refractivity contribution in [3.63, 3.8) is 0 Å². The van der Waals surface area contributed by atoms with Crippen LogP contribution in [0.25, 0.3) is 0 Å². The maximum atomic E-state index is 5.23. The molecule has 4 N–H and O–H groups in total. The van der Waals surface area contributed by atoms with Gasteiger partial charge in [-0.1, -0.05) is 66.2 Å². The summed E-state index contributed by atoms with van der Waals surface area (Å²) in [6.45, 7) is 10.1. The summed E-state index contributed by atoms with van der Waals surface area (Å²) in [6, 6.07) is 0. The fourth-order valence-corrected chi connectivity index (χ4v) is 2.33. The standard InChI is InChI=1S/2C9H19NOS.Zn/c2*1-3-5-6-8(4-2)7-11-9(10)12;/h2*8H,3-7H2,1-2H3,(H2,10,12);. The third-order valence-corrected chi connectivity index (χ3v) is 4.24. The van der Waals surface area contributed by atoms with E-state index in [-0.39, 0.29) is 29.8 Å². The van der Waals surface area contributed by atoms with Gasteiger partial charge in [0.15, 0.2) is 0 Å².